The van der Waals surface area contributed by atoms with Crippen LogP contribution in [0.1, 0.15) is 11.1 Å². The summed E-state index contributed by atoms with van der Waals surface area (Å²) in [6.45, 7) is 0.527. The van der Waals surface area contributed by atoms with Crippen LogP contribution in [0.3, 0.4) is 0 Å². The molecule has 3 aromatic carbocycles. The van der Waals surface area contributed by atoms with Gasteiger partial charge in [-0.1, -0.05) is 30.3 Å². The molecule has 136 valence electrons. The quantitative estimate of drug-likeness (QED) is 0.369. The second kappa shape index (κ2) is 9.45. The Morgan fingerprint density at radius 3 is 2.37 bits per heavy atom. The van der Waals surface area contributed by atoms with E-state index in [1.807, 2.05) is 54.6 Å². The molecule has 0 radical (unpaired) electrons. The van der Waals surface area contributed by atoms with Crippen molar-refractivity contribution in [2.45, 2.75) is 6.61 Å². The molecular formula is C21H18FN3OS. The summed E-state index contributed by atoms with van der Waals surface area (Å²) in [7, 11) is 0. The molecule has 3 rings (SSSR count). The molecule has 27 heavy (non-hydrogen) atoms. The minimum absolute atomic E-state index is 0.298. The van der Waals surface area contributed by atoms with Gasteiger partial charge in [-0.05, 0) is 71.9 Å². The Hall–Kier alpha value is -3.25. The van der Waals surface area contributed by atoms with Gasteiger partial charge in [0, 0.05) is 5.69 Å². The van der Waals surface area contributed by atoms with Crippen LogP contribution in [0.2, 0.25) is 0 Å². The monoisotopic (exact) mass is 379 g/mol. The van der Waals surface area contributed by atoms with Crippen LogP contribution in [0.25, 0.3) is 0 Å². The molecule has 2 N–H and O–H groups in total. The van der Waals surface area contributed by atoms with Gasteiger partial charge in [0.1, 0.15) is 18.2 Å². The van der Waals surface area contributed by atoms with Crippen molar-refractivity contribution < 1.29 is 9.13 Å². The number of hydrazone groups is 1. The minimum Gasteiger partial charge on any atom is -0.489 e. The lowest BCUT2D eigenvalue weighted by atomic mass is 10.2. The average Bonchev–Trinajstić information content (AvgIpc) is 2.70. The zero-order valence-electron chi connectivity index (χ0n) is 14.4. The second-order valence-electron chi connectivity index (χ2n) is 5.67. The molecule has 4 nitrogen and oxygen atoms in total. The van der Waals surface area contributed by atoms with Gasteiger partial charge >= 0.3 is 0 Å². The lowest BCUT2D eigenvalue weighted by molar-refractivity contribution is 0.306. The highest BCUT2D eigenvalue weighted by molar-refractivity contribution is 7.80. The van der Waals surface area contributed by atoms with E-state index in [-0.39, 0.29) is 5.82 Å². The van der Waals surface area contributed by atoms with E-state index in [9.17, 15) is 4.39 Å². The molecule has 0 atom stereocenters. The van der Waals surface area contributed by atoms with Crippen molar-refractivity contribution in [1.82, 2.24) is 5.43 Å². The van der Waals surface area contributed by atoms with Gasteiger partial charge in [-0.25, -0.2) is 4.39 Å². The van der Waals surface area contributed by atoms with Gasteiger partial charge in [-0.3, -0.25) is 5.43 Å². The number of anilines is 1. The number of halogens is 1. The molecule has 0 aliphatic rings. The largest absolute Gasteiger partial charge is 0.489 e. The van der Waals surface area contributed by atoms with E-state index < -0.39 is 0 Å². The summed E-state index contributed by atoms with van der Waals surface area (Å²) in [5.41, 5.74) is 5.43. The highest BCUT2D eigenvalue weighted by atomic mass is 32.1. The predicted octanol–water partition coefficient (Wildman–Crippen LogP) is 4.73. The first kappa shape index (κ1) is 18.5. The smallest absolute Gasteiger partial charge is 0.191 e. The van der Waals surface area contributed by atoms with Gasteiger partial charge in [0.25, 0.3) is 0 Å². The van der Waals surface area contributed by atoms with Gasteiger partial charge < -0.3 is 10.1 Å². The summed E-state index contributed by atoms with van der Waals surface area (Å²) in [4.78, 5) is 0. The van der Waals surface area contributed by atoms with E-state index in [0.29, 0.717) is 17.4 Å². The Morgan fingerprint density at radius 2 is 1.67 bits per heavy atom. The van der Waals surface area contributed by atoms with Gasteiger partial charge in [0.15, 0.2) is 5.11 Å². The topological polar surface area (TPSA) is 45.7 Å². The highest BCUT2D eigenvalue weighted by Crippen LogP contribution is 2.13. The van der Waals surface area contributed by atoms with Crippen LogP contribution >= 0.6 is 12.2 Å². The van der Waals surface area contributed by atoms with E-state index in [0.717, 1.165) is 16.9 Å². The van der Waals surface area contributed by atoms with E-state index >= 15 is 0 Å². The van der Waals surface area contributed by atoms with Crippen molar-refractivity contribution in [2.24, 2.45) is 5.10 Å². The summed E-state index contributed by atoms with van der Waals surface area (Å²) in [6, 6.07) is 23.5. The molecule has 6 heteroatoms. The van der Waals surface area contributed by atoms with Crippen molar-refractivity contribution in [1.29, 1.82) is 0 Å². The predicted molar refractivity (Wildman–Crippen MR) is 111 cm³/mol. The molecule has 0 amide bonds. The maximum absolute atomic E-state index is 12.9. The molecule has 0 heterocycles. The summed E-state index contributed by atoms with van der Waals surface area (Å²) >= 11 is 5.14. The normalized spacial score (nSPS) is 10.6. The van der Waals surface area contributed by atoms with E-state index in [1.165, 1.54) is 12.1 Å². The summed E-state index contributed by atoms with van der Waals surface area (Å²) < 4.78 is 18.6. The number of ether oxygens (including phenoxy) is 1. The molecular weight excluding hydrogens is 361 g/mol. The average molecular weight is 379 g/mol. The van der Waals surface area contributed by atoms with Crippen molar-refractivity contribution in [3.63, 3.8) is 0 Å². The van der Waals surface area contributed by atoms with Crippen LogP contribution < -0.4 is 15.5 Å². The van der Waals surface area contributed by atoms with E-state index in [4.69, 9.17) is 17.0 Å². The summed E-state index contributed by atoms with van der Waals surface area (Å²) in [6.07, 6.45) is 1.65. The number of nitrogens with one attached hydrogen (secondary N) is 2. The first-order valence-electron chi connectivity index (χ1n) is 8.31. The maximum Gasteiger partial charge on any atom is 0.191 e. The third-order valence-electron chi connectivity index (χ3n) is 3.61. The van der Waals surface area contributed by atoms with Gasteiger partial charge in [0.05, 0.1) is 6.21 Å². The van der Waals surface area contributed by atoms with E-state index in [1.54, 1.807) is 18.3 Å². The fraction of sp³-hybridized carbons (Fsp3) is 0.0476. The maximum atomic E-state index is 12.9. The van der Waals surface area contributed by atoms with Gasteiger partial charge in [-0.2, -0.15) is 5.10 Å². The number of hydrogen-bond donors (Lipinski definition) is 2. The third-order valence-corrected chi connectivity index (χ3v) is 3.80. The lowest BCUT2D eigenvalue weighted by Gasteiger charge is -2.07. The Morgan fingerprint density at radius 1 is 0.963 bits per heavy atom. The number of hydrogen-bond acceptors (Lipinski definition) is 3. The Balaban J connectivity index is 1.46. The number of nitrogens with zero attached hydrogens (tertiary/aromatic N) is 1. The zero-order valence-corrected chi connectivity index (χ0v) is 15.2. The molecule has 0 fully saturated rings. The van der Waals surface area contributed by atoms with Crippen molar-refractivity contribution >= 4 is 29.2 Å². The molecule has 3 aromatic rings. The van der Waals surface area contributed by atoms with E-state index in [2.05, 4.69) is 15.8 Å². The number of rotatable bonds is 6. The third kappa shape index (κ3) is 6.20. The molecule has 0 unspecified atom stereocenters. The Bertz CT molecular complexity index is 897. The van der Waals surface area contributed by atoms with Crippen LogP contribution in [-0.2, 0) is 6.61 Å². The number of benzene rings is 3. The highest BCUT2D eigenvalue weighted by Gasteiger charge is 1.98. The molecule has 0 bridgehead atoms. The van der Waals surface area contributed by atoms with Gasteiger partial charge in [0.2, 0.25) is 0 Å². The number of thiocarbonyl (C=S) groups is 1. The Kier molecular flexibility index (Phi) is 6.49. The first-order chi connectivity index (χ1) is 13.2. The Labute approximate surface area is 162 Å². The van der Waals surface area contributed by atoms with Crippen LogP contribution in [0.15, 0.2) is 84.0 Å². The lowest BCUT2D eigenvalue weighted by Crippen LogP contribution is -2.23. The fourth-order valence-electron chi connectivity index (χ4n) is 2.25. The molecule has 0 spiro atoms. The van der Waals surface area contributed by atoms with Crippen molar-refractivity contribution in [2.75, 3.05) is 5.32 Å². The molecule has 0 saturated carbocycles. The summed E-state index contributed by atoms with van der Waals surface area (Å²) in [5, 5.41) is 7.32. The van der Waals surface area contributed by atoms with Crippen LogP contribution in [0, 0.1) is 5.82 Å². The minimum atomic E-state index is -0.298. The zero-order chi connectivity index (χ0) is 18.9. The second-order valence-corrected chi connectivity index (χ2v) is 6.08. The first-order valence-corrected chi connectivity index (χ1v) is 8.72. The SMILES string of the molecule is Fc1ccc(NC(=S)NN=Cc2ccc(OCc3ccccc3)cc2)cc1. The molecule has 0 aliphatic heterocycles. The standard InChI is InChI=1S/C21H18FN3OS/c22-18-8-10-19(11-9-18)24-21(27)25-23-14-16-6-12-20(13-7-16)26-15-17-4-2-1-3-5-17/h1-14H,15H2,(H2,24,25,27). The van der Waals surface area contributed by atoms with Crippen LogP contribution in [0.5, 0.6) is 5.75 Å². The van der Waals surface area contributed by atoms with Crippen LogP contribution in [0.4, 0.5) is 10.1 Å². The fourth-order valence-corrected chi connectivity index (χ4v) is 2.42. The van der Waals surface area contributed by atoms with Gasteiger partial charge in [-0.15, -0.1) is 0 Å². The van der Waals surface area contributed by atoms with Crippen molar-refractivity contribution in [3.8, 4) is 5.75 Å². The molecule has 0 aliphatic carbocycles. The van der Waals surface area contributed by atoms with Crippen LogP contribution in [-0.4, -0.2) is 11.3 Å². The summed E-state index contributed by atoms with van der Waals surface area (Å²) in [5.74, 6) is 0.492. The van der Waals surface area contributed by atoms with Crippen molar-refractivity contribution in [3.05, 3.63) is 95.8 Å². The molecule has 0 saturated heterocycles. The molecule has 0 aromatic heterocycles.